The molecule has 2 heteroatoms. The normalized spacial score (nSPS) is 9.21. The van der Waals surface area contributed by atoms with Crippen molar-refractivity contribution in [2.24, 2.45) is 0 Å². The van der Waals surface area contributed by atoms with Gasteiger partial charge in [0.15, 0.2) is 0 Å². The van der Waals surface area contributed by atoms with E-state index in [1.807, 2.05) is 36.4 Å². The van der Waals surface area contributed by atoms with Gasteiger partial charge in [-0.15, -0.1) is 12.6 Å². The molecule has 14 heavy (non-hydrogen) atoms. The third-order valence-corrected chi connectivity index (χ3v) is 2.38. The second kappa shape index (κ2) is 6.11. The van der Waals surface area contributed by atoms with Gasteiger partial charge in [0.1, 0.15) is 0 Å². The summed E-state index contributed by atoms with van der Waals surface area (Å²) >= 11 is 4.41. The summed E-state index contributed by atoms with van der Waals surface area (Å²) in [5.74, 6) is 0. The molecule has 2 rings (SSSR count). The van der Waals surface area contributed by atoms with Crippen LogP contribution in [0.5, 0.6) is 0 Å². The van der Waals surface area contributed by atoms with E-state index in [0.29, 0.717) is 0 Å². The Morgan fingerprint density at radius 1 is 0.786 bits per heavy atom. The minimum Gasteiger partial charge on any atom is -1.00 e. The first-order valence-electron chi connectivity index (χ1n) is 4.21. The zero-order chi connectivity index (χ0) is 9.10. The van der Waals surface area contributed by atoms with Gasteiger partial charge >= 0.3 is 51.4 Å². The van der Waals surface area contributed by atoms with Crippen molar-refractivity contribution < 1.29 is 52.8 Å². The fourth-order valence-electron chi connectivity index (χ4n) is 1.34. The molecule has 0 unspecified atom stereocenters. The molecule has 0 bridgehead atoms. The van der Waals surface area contributed by atoms with Crippen molar-refractivity contribution in [1.29, 1.82) is 0 Å². The van der Waals surface area contributed by atoms with E-state index in [1.165, 1.54) is 11.1 Å². The average molecular weight is 226 g/mol. The van der Waals surface area contributed by atoms with E-state index in [-0.39, 0.29) is 52.8 Å². The van der Waals surface area contributed by atoms with Gasteiger partial charge in [-0.1, -0.05) is 48.5 Å². The van der Waals surface area contributed by atoms with Crippen LogP contribution in [0.25, 0.3) is 11.1 Å². The number of hydrogen-bond acceptors (Lipinski definition) is 1. The fourth-order valence-corrected chi connectivity index (χ4v) is 1.63. The van der Waals surface area contributed by atoms with E-state index >= 15 is 0 Å². The van der Waals surface area contributed by atoms with Crippen LogP contribution in [0, 0.1) is 0 Å². The van der Waals surface area contributed by atoms with Gasteiger partial charge in [-0.25, -0.2) is 0 Å². The van der Waals surface area contributed by atoms with Crippen molar-refractivity contribution in [2.75, 3.05) is 0 Å². The van der Waals surface area contributed by atoms with Crippen molar-refractivity contribution in [3.63, 3.8) is 0 Å². The molecule has 0 saturated carbocycles. The van der Waals surface area contributed by atoms with Gasteiger partial charge in [-0.3, -0.25) is 0 Å². The molecule has 2 aromatic rings. The smallest absolute Gasteiger partial charge is 1.00 e. The van der Waals surface area contributed by atoms with E-state index in [9.17, 15) is 0 Å². The van der Waals surface area contributed by atoms with Crippen molar-refractivity contribution in [3.8, 4) is 11.1 Å². The zero-order valence-electron chi connectivity index (χ0n) is 9.14. The fraction of sp³-hybridized carbons (Fsp3) is 0. The standard InChI is InChI=1S/C12H10S.K.H/c13-12-9-5-4-8-11(12)10-6-2-1-3-7-10;;/h1-9,13H;;/q;+1;-1. The molecule has 0 saturated heterocycles. The molecule has 0 spiro atoms. The molecule has 0 fully saturated rings. The Morgan fingerprint density at radius 3 is 2.00 bits per heavy atom. The Labute approximate surface area is 134 Å². The number of thiol groups is 1. The maximum atomic E-state index is 4.41. The Morgan fingerprint density at radius 2 is 1.36 bits per heavy atom. The molecule has 0 radical (unpaired) electrons. The topological polar surface area (TPSA) is 0 Å². The first-order valence-corrected chi connectivity index (χ1v) is 4.66. The van der Waals surface area contributed by atoms with Crippen molar-refractivity contribution >= 4 is 12.6 Å². The average Bonchev–Trinajstić information content (AvgIpc) is 2.20. The first-order chi connectivity index (χ1) is 6.38. The van der Waals surface area contributed by atoms with Crippen LogP contribution in [0.2, 0.25) is 0 Å². The van der Waals surface area contributed by atoms with Gasteiger partial charge in [0.25, 0.3) is 0 Å². The van der Waals surface area contributed by atoms with Crippen molar-refractivity contribution in [2.45, 2.75) is 4.90 Å². The number of benzene rings is 2. The van der Waals surface area contributed by atoms with Gasteiger partial charge in [-0.05, 0) is 17.2 Å². The van der Waals surface area contributed by atoms with Crippen molar-refractivity contribution in [1.82, 2.24) is 0 Å². The summed E-state index contributed by atoms with van der Waals surface area (Å²) in [5, 5.41) is 0. The summed E-state index contributed by atoms with van der Waals surface area (Å²) in [7, 11) is 0. The molecule has 0 N–H and O–H groups in total. The van der Waals surface area contributed by atoms with Gasteiger partial charge in [0.05, 0.1) is 0 Å². The van der Waals surface area contributed by atoms with Gasteiger partial charge in [0.2, 0.25) is 0 Å². The number of hydrogen-bond donors (Lipinski definition) is 1. The predicted molar refractivity (Wildman–Crippen MR) is 60.2 cm³/mol. The van der Waals surface area contributed by atoms with Gasteiger partial charge in [0, 0.05) is 4.90 Å². The maximum Gasteiger partial charge on any atom is 1.00 e. The van der Waals surface area contributed by atoms with Crippen LogP contribution in [0.3, 0.4) is 0 Å². The number of rotatable bonds is 1. The molecular weight excluding hydrogens is 215 g/mol. The Kier molecular flexibility index (Phi) is 5.45. The molecule has 0 aliphatic heterocycles. The summed E-state index contributed by atoms with van der Waals surface area (Å²) in [6.07, 6.45) is 0. The minimum absolute atomic E-state index is 0. The van der Waals surface area contributed by atoms with Crippen molar-refractivity contribution in [3.05, 3.63) is 54.6 Å². The third-order valence-electron chi connectivity index (χ3n) is 1.99. The van der Waals surface area contributed by atoms with Gasteiger partial charge in [-0.2, -0.15) is 0 Å². The van der Waals surface area contributed by atoms with Crippen LogP contribution in [0.1, 0.15) is 1.43 Å². The van der Waals surface area contributed by atoms with Gasteiger partial charge < -0.3 is 1.43 Å². The Hall–Kier alpha value is 0.426. The summed E-state index contributed by atoms with van der Waals surface area (Å²) in [4.78, 5) is 1.02. The van der Waals surface area contributed by atoms with Crippen LogP contribution in [-0.4, -0.2) is 0 Å². The van der Waals surface area contributed by atoms with Crippen LogP contribution < -0.4 is 51.4 Å². The second-order valence-electron chi connectivity index (χ2n) is 2.88. The molecule has 0 amide bonds. The largest absolute Gasteiger partial charge is 1.00 e. The molecular formula is C12H11KS. The molecule has 0 aliphatic rings. The van der Waals surface area contributed by atoms with Crippen LogP contribution in [0.15, 0.2) is 59.5 Å². The molecule has 0 nitrogen and oxygen atoms in total. The molecule has 66 valence electrons. The first kappa shape index (κ1) is 12.5. The second-order valence-corrected chi connectivity index (χ2v) is 3.36. The summed E-state index contributed by atoms with van der Waals surface area (Å²) in [6, 6.07) is 18.4. The predicted octanol–water partition coefficient (Wildman–Crippen LogP) is 0.759. The van der Waals surface area contributed by atoms with Crippen LogP contribution >= 0.6 is 12.6 Å². The quantitative estimate of drug-likeness (QED) is 0.539. The van der Waals surface area contributed by atoms with E-state index in [4.69, 9.17) is 0 Å². The molecule has 0 atom stereocenters. The Balaban J connectivity index is 0.000000980. The SMILES string of the molecule is Sc1ccccc1-c1ccccc1.[H-].[K+]. The monoisotopic (exact) mass is 226 g/mol. The summed E-state index contributed by atoms with van der Waals surface area (Å²) < 4.78 is 0. The van der Waals surface area contributed by atoms with E-state index in [2.05, 4.69) is 30.8 Å². The molecule has 0 aliphatic carbocycles. The van der Waals surface area contributed by atoms with Crippen LogP contribution in [-0.2, 0) is 0 Å². The third kappa shape index (κ3) is 2.96. The summed E-state index contributed by atoms with van der Waals surface area (Å²) in [5.41, 5.74) is 2.40. The minimum atomic E-state index is 0. The summed E-state index contributed by atoms with van der Waals surface area (Å²) in [6.45, 7) is 0. The molecule has 0 heterocycles. The van der Waals surface area contributed by atoms with E-state index in [1.54, 1.807) is 0 Å². The molecule has 0 aromatic heterocycles. The zero-order valence-corrected chi connectivity index (χ0v) is 12.2. The van der Waals surface area contributed by atoms with E-state index in [0.717, 1.165) is 4.90 Å². The molecule has 2 aromatic carbocycles. The Bertz CT molecular complexity index is 403. The maximum absolute atomic E-state index is 4.41. The van der Waals surface area contributed by atoms with E-state index < -0.39 is 0 Å². The van der Waals surface area contributed by atoms with Crippen LogP contribution in [0.4, 0.5) is 0 Å².